The highest BCUT2D eigenvalue weighted by atomic mass is 32.2. The lowest BCUT2D eigenvalue weighted by Crippen LogP contribution is -2.02. The molecule has 0 unspecified atom stereocenters. The maximum Gasteiger partial charge on any atom is 0.209 e. The van der Waals surface area contributed by atoms with Crippen LogP contribution in [0.2, 0.25) is 0 Å². The predicted molar refractivity (Wildman–Crippen MR) is 80.0 cm³/mol. The Labute approximate surface area is 127 Å². The van der Waals surface area contributed by atoms with Crippen LogP contribution in [-0.2, 0) is 7.05 Å². The average molecular weight is 304 g/mol. The first-order valence-electron chi connectivity index (χ1n) is 6.47. The van der Waals surface area contributed by atoms with Gasteiger partial charge in [-0.1, -0.05) is 29.7 Å². The van der Waals surface area contributed by atoms with Gasteiger partial charge in [-0.2, -0.15) is 0 Å². The summed E-state index contributed by atoms with van der Waals surface area (Å²) in [6.45, 7) is 0.641. The number of rotatable bonds is 6. The molecule has 0 amide bonds. The first kappa shape index (κ1) is 15.4. The Kier molecular flexibility index (Phi) is 6.06. The number of aromatic nitrogens is 4. The van der Waals surface area contributed by atoms with E-state index >= 15 is 0 Å². The van der Waals surface area contributed by atoms with E-state index in [1.807, 2.05) is 24.3 Å². The minimum atomic E-state index is 0.0807. The maximum absolute atomic E-state index is 8.69. The van der Waals surface area contributed by atoms with Gasteiger partial charge < -0.3 is 9.84 Å². The molecule has 21 heavy (non-hydrogen) atoms. The third-order valence-corrected chi connectivity index (χ3v) is 3.44. The molecule has 0 aliphatic rings. The van der Waals surface area contributed by atoms with Crippen molar-refractivity contribution in [2.75, 3.05) is 19.0 Å². The van der Waals surface area contributed by atoms with E-state index in [0.717, 1.165) is 22.2 Å². The van der Waals surface area contributed by atoms with E-state index in [2.05, 4.69) is 27.4 Å². The highest BCUT2D eigenvalue weighted by Gasteiger charge is 2.02. The Balaban J connectivity index is 1.79. The van der Waals surface area contributed by atoms with Gasteiger partial charge in [-0.15, -0.1) is 5.10 Å². The fourth-order valence-corrected chi connectivity index (χ4v) is 2.19. The van der Waals surface area contributed by atoms with Crippen LogP contribution in [0, 0.1) is 11.8 Å². The fraction of sp³-hybridized carbons (Fsp3) is 0.357. The molecule has 1 aromatic carbocycles. The molecule has 0 radical (unpaired) electrons. The Morgan fingerprint density at radius 2 is 2.33 bits per heavy atom. The standard InChI is InChI=1S/C14H16N4O2S/c1-18-14(15-16-17-18)21-10-9-20-13-7-4-6-12(11-13)5-2-3-8-19/h4,6-7,11,19H,3,8-10H2,1H3. The topological polar surface area (TPSA) is 73.1 Å². The minimum absolute atomic E-state index is 0.0807. The molecule has 0 fully saturated rings. The molecule has 0 aliphatic heterocycles. The summed E-state index contributed by atoms with van der Waals surface area (Å²) in [7, 11) is 1.80. The number of benzene rings is 1. The highest BCUT2D eigenvalue weighted by Crippen LogP contribution is 2.15. The van der Waals surface area contributed by atoms with E-state index in [9.17, 15) is 0 Å². The Morgan fingerprint density at radius 1 is 1.43 bits per heavy atom. The first-order chi connectivity index (χ1) is 10.3. The molecule has 0 spiro atoms. The van der Waals surface area contributed by atoms with Gasteiger partial charge in [0.15, 0.2) is 0 Å². The quantitative estimate of drug-likeness (QED) is 0.490. The number of aliphatic hydroxyl groups is 1. The van der Waals surface area contributed by atoms with Crippen LogP contribution in [0.25, 0.3) is 0 Å². The maximum atomic E-state index is 8.69. The summed E-state index contributed by atoms with van der Waals surface area (Å²) < 4.78 is 7.30. The van der Waals surface area contributed by atoms with E-state index in [1.165, 1.54) is 0 Å². The van der Waals surface area contributed by atoms with E-state index < -0.39 is 0 Å². The SMILES string of the molecule is Cn1nnnc1SCCOc1cccc(C#CCCO)c1. The molecule has 6 nitrogen and oxygen atoms in total. The van der Waals surface area contributed by atoms with Crippen molar-refractivity contribution < 1.29 is 9.84 Å². The van der Waals surface area contributed by atoms with Crippen LogP contribution in [0.5, 0.6) is 5.75 Å². The number of nitrogens with zero attached hydrogens (tertiary/aromatic N) is 4. The molecule has 0 aliphatic carbocycles. The van der Waals surface area contributed by atoms with Crippen molar-refractivity contribution in [1.29, 1.82) is 0 Å². The molecule has 7 heteroatoms. The van der Waals surface area contributed by atoms with Crippen LogP contribution in [0.15, 0.2) is 29.4 Å². The Bertz CT molecular complexity index is 633. The first-order valence-corrected chi connectivity index (χ1v) is 7.46. The number of tetrazole rings is 1. The van der Waals surface area contributed by atoms with Crippen LogP contribution in [0.4, 0.5) is 0 Å². The zero-order valence-electron chi connectivity index (χ0n) is 11.7. The van der Waals surface area contributed by atoms with Crippen LogP contribution in [-0.4, -0.2) is 44.3 Å². The third-order valence-electron chi connectivity index (χ3n) is 2.47. The Morgan fingerprint density at radius 3 is 3.10 bits per heavy atom. The van der Waals surface area contributed by atoms with Gasteiger partial charge in [0.05, 0.1) is 13.2 Å². The molecule has 0 atom stereocenters. The van der Waals surface area contributed by atoms with Gasteiger partial charge in [0.25, 0.3) is 0 Å². The van der Waals surface area contributed by atoms with Crippen molar-refractivity contribution in [2.24, 2.45) is 7.05 Å². The summed E-state index contributed by atoms with van der Waals surface area (Å²) in [6.07, 6.45) is 0.480. The van der Waals surface area contributed by atoms with Crippen molar-refractivity contribution in [1.82, 2.24) is 20.2 Å². The molecule has 1 aromatic heterocycles. The predicted octanol–water partition coefficient (Wildman–Crippen LogP) is 1.12. The molecule has 2 aromatic rings. The van der Waals surface area contributed by atoms with Gasteiger partial charge >= 0.3 is 0 Å². The zero-order chi connectivity index (χ0) is 14.9. The molecular formula is C14H16N4O2S. The van der Waals surface area contributed by atoms with Gasteiger partial charge in [0.1, 0.15) is 5.75 Å². The highest BCUT2D eigenvalue weighted by molar-refractivity contribution is 7.99. The number of hydrogen-bond donors (Lipinski definition) is 1. The number of aliphatic hydroxyl groups excluding tert-OH is 1. The van der Waals surface area contributed by atoms with E-state index in [1.54, 1.807) is 23.5 Å². The van der Waals surface area contributed by atoms with Gasteiger partial charge in [0, 0.05) is 24.8 Å². The van der Waals surface area contributed by atoms with Crippen molar-refractivity contribution >= 4 is 11.8 Å². The fourth-order valence-electron chi connectivity index (χ4n) is 1.52. The smallest absolute Gasteiger partial charge is 0.209 e. The normalized spacial score (nSPS) is 10.0. The second-order valence-electron chi connectivity index (χ2n) is 4.09. The number of thioether (sulfide) groups is 1. The van der Waals surface area contributed by atoms with Gasteiger partial charge in [-0.05, 0) is 28.6 Å². The molecule has 2 rings (SSSR count). The van der Waals surface area contributed by atoms with Crippen LogP contribution >= 0.6 is 11.8 Å². The second-order valence-corrected chi connectivity index (χ2v) is 5.15. The summed E-state index contributed by atoms with van der Waals surface area (Å²) in [5.74, 6) is 7.41. The lowest BCUT2D eigenvalue weighted by Gasteiger charge is -2.05. The van der Waals surface area contributed by atoms with Gasteiger partial charge in [-0.3, -0.25) is 0 Å². The second kappa shape index (κ2) is 8.29. The van der Waals surface area contributed by atoms with Crippen LogP contribution < -0.4 is 4.74 Å². The lowest BCUT2D eigenvalue weighted by atomic mass is 10.2. The number of aryl methyl sites for hydroxylation is 1. The molecule has 1 heterocycles. The summed E-state index contributed by atoms with van der Waals surface area (Å²) in [5.41, 5.74) is 0.881. The summed E-state index contributed by atoms with van der Waals surface area (Å²) in [6, 6.07) is 7.60. The largest absolute Gasteiger partial charge is 0.493 e. The van der Waals surface area contributed by atoms with Crippen LogP contribution in [0.3, 0.4) is 0 Å². The van der Waals surface area contributed by atoms with E-state index in [-0.39, 0.29) is 6.61 Å². The zero-order valence-corrected chi connectivity index (χ0v) is 12.5. The molecule has 0 saturated carbocycles. The monoisotopic (exact) mass is 304 g/mol. The summed E-state index contributed by atoms with van der Waals surface area (Å²) in [4.78, 5) is 0. The van der Waals surface area contributed by atoms with Gasteiger partial charge in [0.2, 0.25) is 5.16 Å². The van der Waals surface area contributed by atoms with Crippen molar-refractivity contribution in [3.63, 3.8) is 0 Å². The van der Waals surface area contributed by atoms with E-state index in [4.69, 9.17) is 9.84 Å². The molecule has 110 valence electrons. The third kappa shape index (κ3) is 5.10. The Hall–Kier alpha value is -2.04. The van der Waals surface area contributed by atoms with Crippen molar-refractivity contribution in [2.45, 2.75) is 11.6 Å². The summed E-state index contributed by atoms with van der Waals surface area (Å²) >= 11 is 1.54. The van der Waals surface area contributed by atoms with Crippen molar-refractivity contribution in [3.05, 3.63) is 29.8 Å². The average Bonchev–Trinajstić information content (AvgIpc) is 2.90. The number of ether oxygens (including phenoxy) is 1. The van der Waals surface area contributed by atoms with E-state index in [0.29, 0.717) is 13.0 Å². The molecule has 0 saturated heterocycles. The van der Waals surface area contributed by atoms with Crippen LogP contribution in [0.1, 0.15) is 12.0 Å². The molecule has 0 bridgehead atoms. The molecular weight excluding hydrogens is 288 g/mol. The lowest BCUT2D eigenvalue weighted by molar-refractivity contribution is 0.305. The molecule has 1 N–H and O–H groups in total. The van der Waals surface area contributed by atoms with Gasteiger partial charge in [-0.25, -0.2) is 4.68 Å². The summed E-state index contributed by atoms with van der Waals surface area (Å²) in [5, 5.41) is 20.7. The minimum Gasteiger partial charge on any atom is -0.493 e. The van der Waals surface area contributed by atoms with Crippen molar-refractivity contribution in [3.8, 4) is 17.6 Å². The number of hydrogen-bond acceptors (Lipinski definition) is 6.